The number of pyridine rings is 1. The molecule has 0 spiro atoms. The lowest BCUT2D eigenvalue weighted by Crippen LogP contribution is -2.38. The van der Waals surface area contributed by atoms with Crippen LogP contribution in [0.1, 0.15) is 25.0 Å². The Morgan fingerprint density at radius 2 is 1.66 bits per heavy atom. The Morgan fingerprint density at radius 3 is 2.41 bits per heavy atom. The van der Waals surface area contributed by atoms with Crippen molar-refractivity contribution in [3.63, 3.8) is 0 Å². The first-order chi connectivity index (χ1) is 15.2. The topological polar surface area (TPSA) is 26.0 Å². The van der Waals surface area contributed by atoms with Crippen LogP contribution in [-0.4, -0.2) is 13.1 Å². The van der Waals surface area contributed by atoms with Gasteiger partial charge in [-0.3, -0.25) is 0 Å². The quantitative estimate of drug-likeness (QED) is 0.268. The smallest absolute Gasteiger partial charge is 0.144 e. The second-order valence-corrected chi connectivity index (χ2v) is 15.6. The number of nitrogens with zero attached hydrogens (tertiary/aromatic N) is 1. The molecule has 162 valence electrons. The molecule has 0 aliphatic carbocycles. The lowest BCUT2D eigenvalue weighted by atomic mass is 9.99. The van der Waals surface area contributed by atoms with Crippen LogP contribution >= 0.6 is 0 Å². The first kappa shape index (κ1) is 21.0. The Labute approximate surface area is 191 Å². The molecule has 0 saturated carbocycles. The van der Waals surface area contributed by atoms with E-state index < -0.39 is 8.07 Å². The highest BCUT2D eigenvalue weighted by atomic mass is 28.3. The minimum Gasteiger partial charge on any atom is -0.455 e. The zero-order valence-electron chi connectivity index (χ0n) is 19.9. The monoisotopic (exact) mass is 437 g/mol. The van der Waals surface area contributed by atoms with Gasteiger partial charge in [0.2, 0.25) is 0 Å². The summed E-state index contributed by atoms with van der Waals surface area (Å²) in [5.41, 5.74) is 7.67. The zero-order chi connectivity index (χ0) is 22.6. The molecule has 0 atom stereocenters. The second-order valence-electron chi connectivity index (χ2n) is 10.5. The van der Waals surface area contributed by atoms with E-state index in [9.17, 15) is 0 Å². The summed E-state index contributed by atoms with van der Waals surface area (Å²) in [6.07, 6.45) is 1.10. The van der Waals surface area contributed by atoms with E-state index in [0.29, 0.717) is 5.92 Å². The van der Waals surface area contributed by atoms with E-state index in [1.54, 1.807) is 0 Å². The Hall–Kier alpha value is -2.91. The van der Waals surface area contributed by atoms with Crippen LogP contribution in [0.15, 0.2) is 65.1 Å². The molecule has 0 fully saturated rings. The number of aromatic nitrogens is 1. The zero-order valence-corrected chi connectivity index (χ0v) is 20.9. The van der Waals surface area contributed by atoms with Gasteiger partial charge in [-0.05, 0) is 77.4 Å². The number of hydrogen-bond acceptors (Lipinski definition) is 2. The molecule has 32 heavy (non-hydrogen) atoms. The average Bonchev–Trinajstić information content (AvgIpc) is 3.10. The Morgan fingerprint density at radius 1 is 0.875 bits per heavy atom. The fraction of sp³-hybridized carbons (Fsp3) is 0.276. The van der Waals surface area contributed by atoms with E-state index >= 15 is 0 Å². The molecule has 0 aliphatic rings. The van der Waals surface area contributed by atoms with Crippen LogP contribution in [0.2, 0.25) is 19.6 Å². The van der Waals surface area contributed by atoms with Gasteiger partial charge in [0.15, 0.2) is 0 Å². The van der Waals surface area contributed by atoms with E-state index in [-0.39, 0.29) is 0 Å². The van der Waals surface area contributed by atoms with Crippen LogP contribution < -0.4 is 5.19 Å². The predicted molar refractivity (Wildman–Crippen MR) is 141 cm³/mol. The van der Waals surface area contributed by atoms with Gasteiger partial charge >= 0.3 is 0 Å². The number of benzene rings is 3. The summed E-state index contributed by atoms with van der Waals surface area (Å²) in [4.78, 5) is 5.16. The van der Waals surface area contributed by atoms with Gasteiger partial charge in [-0.25, -0.2) is 4.98 Å². The molecule has 0 radical (unpaired) electrons. The molecule has 2 aromatic heterocycles. The van der Waals surface area contributed by atoms with Crippen LogP contribution in [0, 0.1) is 12.8 Å². The minimum absolute atomic E-state index is 0.642. The molecule has 0 amide bonds. The van der Waals surface area contributed by atoms with Crippen molar-refractivity contribution in [3.8, 4) is 11.3 Å². The van der Waals surface area contributed by atoms with Crippen molar-refractivity contribution >= 4 is 46.1 Å². The molecule has 0 saturated heterocycles. The van der Waals surface area contributed by atoms with Crippen molar-refractivity contribution in [1.29, 1.82) is 0 Å². The fourth-order valence-corrected chi connectivity index (χ4v) is 6.37. The summed E-state index contributed by atoms with van der Waals surface area (Å²) >= 11 is 0. The van der Waals surface area contributed by atoms with Gasteiger partial charge in [0, 0.05) is 16.3 Å². The van der Waals surface area contributed by atoms with Crippen LogP contribution in [0.4, 0.5) is 0 Å². The molecule has 2 nitrogen and oxygen atoms in total. The SMILES string of the molecule is Cc1cc(-c2cc([Si](C)(C)C)c3cc(CC(C)C)ccc3n2)c2oc3ccccc3c2c1. The van der Waals surface area contributed by atoms with Gasteiger partial charge in [-0.15, -0.1) is 0 Å². The minimum atomic E-state index is -1.61. The Balaban J connectivity index is 1.80. The van der Waals surface area contributed by atoms with E-state index in [0.717, 1.165) is 39.7 Å². The van der Waals surface area contributed by atoms with Gasteiger partial charge < -0.3 is 4.42 Å². The number of hydrogen-bond donors (Lipinski definition) is 0. The predicted octanol–water partition coefficient (Wildman–Crippen LogP) is 7.85. The molecular weight excluding hydrogens is 406 g/mol. The summed E-state index contributed by atoms with van der Waals surface area (Å²) in [6.45, 7) is 14.0. The maximum atomic E-state index is 6.36. The maximum Gasteiger partial charge on any atom is 0.144 e. The highest BCUT2D eigenvalue weighted by Crippen LogP contribution is 2.36. The van der Waals surface area contributed by atoms with Crippen molar-refractivity contribution in [2.45, 2.75) is 46.8 Å². The molecular formula is C29H31NOSi. The summed E-state index contributed by atoms with van der Waals surface area (Å²) in [6, 6.07) is 21.9. The average molecular weight is 438 g/mol. The third kappa shape index (κ3) is 3.65. The van der Waals surface area contributed by atoms with Crippen molar-refractivity contribution in [1.82, 2.24) is 4.98 Å². The van der Waals surface area contributed by atoms with Crippen molar-refractivity contribution in [2.24, 2.45) is 5.92 Å². The highest BCUT2D eigenvalue weighted by Gasteiger charge is 2.23. The maximum absolute atomic E-state index is 6.36. The molecule has 5 rings (SSSR count). The molecule has 0 N–H and O–H groups in total. The van der Waals surface area contributed by atoms with E-state index in [1.165, 1.54) is 27.1 Å². The van der Waals surface area contributed by atoms with Gasteiger partial charge in [0.1, 0.15) is 11.2 Å². The third-order valence-electron chi connectivity index (χ3n) is 6.22. The van der Waals surface area contributed by atoms with Crippen LogP contribution in [0.25, 0.3) is 44.1 Å². The summed E-state index contributed by atoms with van der Waals surface area (Å²) in [7, 11) is -1.61. The van der Waals surface area contributed by atoms with Gasteiger partial charge in [-0.2, -0.15) is 0 Å². The third-order valence-corrected chi connectivity index (χ3v) is 8.25. The van der Waals surface area contributed by atoms with Crippen LogP contribution in [-0.2, 0) is 6.42 Å². The second kappa shape index (κ2) is 7.60. The highest BCUT2D eigenvalue weighted by molar-refractivity contribution is 6.90. The summed E-state index contributed by atoms with van der Waals surface area (Å²) in [5.74, 6) is 0.642. The largest absolute Gasteiger partial charge is 0.455 e. The molecule has 0 unspecified atom stereocenters. The first-order valence-electron chi connectivity index (χ1n) is 11.6. The van der Waals surface area contributed by atoms with E-state index in [2.05, 4.69) is 88.9 Å². The van der Waals surface area contributed by atoms with Crippen molar-refractivity contribution < 1.29 is 4.42 Å². The number of aryl methyl sites for hydroxylation is 1. The van der Waals surface area contributed by atoms with Gasteiger partial charge in [0.05, 0.1) is 19.3 Å². The lowest BCUT2D eigenvalue weighted by Gasteiger charge is -2.21. The van der Waals surface area contributed by atoms with Crippen LogP contribution in [0.5, 0.6) is 0 Å². The van der Waals surface area contributed by atoms with Gasteiger partial charge in [0.25, 0.3) is 0 Å². The molecule has 3 aromatic carbocycles. The van der Waals surface area contributed by atoms with E-state index in [4.69, 9.17) is 9.40 Å². The number of para-hydroxylation sites is 1. The van der Waals surface area contributed by atoms with Crippen LogP contribution in [0.3, 0.4) is 0 Å². The fourth-order valence-electron chi connectivity index (χ4n) is 4.79. The number of furan rings is 1. The molecule has 2 heterocycles. The lowest BCUT2D eigenvalue weighted by molar-refractivity contribution is 0.648. The molecule has 3 heteroatoms. The van der Waals surface area contributed by atoms with Crippen molar-refractivity contribution in [3.05, 3.63) is 71.8 Å². The van der Waals surface area contributed by atoms with E-state index in [1.807, 2.05) is 12.1 Å². The number of rotatable bonds is 4. The standard InChI is InChI=1S/C29H31NOSi/c1-18(2)13-20-11-12-25-23(16-20)28(32(4,5)6)17-26(30-25)24-15-19(3)14-22-21-9-7-8-10-27(21)31-29(22)24/h7-12,14-18H,13H2,1-6H3. The summed E-state index contributed by atoms with van der Waals surface area (Å²) in [5, 5.41) is 5.12. The Kier molecular flexibility index (Phi) is 4.98. The van der Waals surface area contributed by atoms with Crippen molar-refractivity contribution in [2.75, 3.05) is 0 Å². The Bertz CT molecular complexity index is 1470. The first-order valence-corrected chi connectivity index (χ1v) is 15.1. The molecule has 0 bridgehead atoms. The normalized spacial score (nSPS) is 12.5. The molecule has 0 aliphatic heterocycles. The molecule has 5 aromatic rings. The number of fused-ring (bicyclic) bond motifs is 4. The van der Waals surface area contributed by atoms with Gasteiger partial charge in [-0.1, -0.05) is 57.8 Å². The summed E-state index contributed by atoms with van der Waals surface area (Å²) < 4.78 is 6.36.